The first-order chi connectivity index (χ1) is 37.7. The van der Waals surface area contributed by atoms with Crippen LogP contribution in [-0.2, 0) is 54.7 Å². The molecule has 2 aliphatic heterocycles. The molecule has 0 aromatic heterocycles. The summed E-state index contributed by atoms with van der Waals surface area (Å²) in [5.74, 6) is 1.61. The van der Waals surface area contributed by atoms with E-state index in [1.165, 1.54) is 43.1 Å². The van der Waals surface area contributed by atoms with Crippen LogP contribution in [-0.4, -0.2) is 113 Å². The van der Waals surface area contributed by atoms with E-state index in [-0.39, 0.29) is 25.3 Å². The molecule has 2 aliphatic rings. The van der Waals surface area contributed by atoms with Crippen molar-refractivity contribution in [1.82, 2.24) is 16.0 Å². The van der Waals surface area contributed by atoms with Crippen LogP contribution in [0.2, 0.25) is 0 Å². The molecule has 0 saturated heterocycles. The summed E-state index contributed by atoms with van der Waals surface area (Å²) in [5.41, 5.74) is 15.6. The fraction of sp³-hybridized carbons (Fsp3) is 0.426. The Morgan fingerprint density at radius 1 is 0.897 bits per heavy atom. The van der Waals surface area contributed by atoms with Gasteiger partial charge in [-0.2, -0.15) is 0 Å². The van der Waals surface area contributed by atoms with Crippen LogP contribution in [0.1, 0.15) is 88.6 Å². The van der Waals surface area contributed by atoms with Crippen LogP contribution in [0.4, 0.5) is 22.7 Å². The monoisotopic (exact) mass is 1080 g/mol. The number of aryl methyl sites for hydroxylation is 1. The number of hydrogen-bond acceptors (Lipinski definition) is 15. The molecule has 0 radical (unpaired) electrons. The van der Waals surface area contributed by atoms with Crippen molar-refractivity contribution < 1.29 is 38.1 Å². The smallest absolute Gasteiger partial charge is 0.279 e. The number of ether oxygens (including phenoxy) is 4. The SMILES string of the molecule is C=C/C(N=C)=C(C)\C=C(\OC)OCc1cc(COc2cc(N[C@@H]3Cc4ccccc4N3C)c(C)cc2OC)cc(NC=O)c1.C=O.CC.CC1Cc2ccccc2N1C.CCCNC(=O)CNC.CN.CNC(C)CCC=O. The number of nitrogens with one attached hydrogen (secondary N) is 5. The van der Waals surface area contributed by atoms with Crippen molar-refractivity contribution in [2.75, 3.05) is 83.0 Å². The van der Waals surface area contributed by atoms with Crippen LogP contribution in [0.3, 0.4) is 0 Å². The maximum absolute atomic E-state index is 11.3. The number of hydrogen-bond donors (Lipinski definition) is 6. The Hall–Kier alpha value is -7.47. The minimum atomic E-state index is 0.0688. The van der Waals surface area contributed by atoms with Gasteiger partial charge in [0, 0.05) is 80.5 Å². The highest BCUT2D eigenvalue weighted by atomic mass is 16.7. The van der Waals surface area contributed by atoms with Gasteiger partial charge in [0.25, 0.3) is 5.95 Å². The third-order valence-electron chi connectivity index (χ3n) is 12.1. The molecule has 0 aliphatic carbocycles. The number of methoxy groups -OCH3 is 2. The molecular formula is C61H93N9O8. The summed E-state index contributed by atoms with van der Waals surface area (Å²) in [6.07, 6.45) is 9.74. The molecule has 4 aromatic carbocycles. The molecule has 4 aromatic rings. The lowest BCUT2D eigenvalue weighted by Crippen LogP contribution is -2.35. The number of benzene rings is 4. The Morgan fingerprint density at radius 3 is 2.01 bits per heavy atom. The second-order valence-electron chi connectivity index (χ2n) is 17.5. The van der Waals surface area contributed by atoms with Gasteiger partial charge >= 0.3 is 0 Å². The highest BCUT2D eigenvalue weighted by molar-refractivity contribution is 5.77. The quantitative estimate of drug-likeness (QED) is 0.0177. The number of amides is 2. The van der Waals surface area contributed by atoms with E-state index in [1.54, 1.807) is 26.3 Å². The number of nitrogens with zero attached hydrogens (tertiary/aromatic N) is 3. The first-order valence-corrected chi connectivity index (χ1v) is 26.3. The van der Waals surface area contributed by atoms with E-state index < -0.39 is 0 Å². The number of para-hydroxylation sites is 2. The van der Waals surface area contributed by atoms with Gasteiger partial charge in [-0.25, -0.2) is 0 Å². The van der Waals surface area contributed by atoms with Crippen molar-refractivity contribution >= 4 is 54.9 Å². The normalized spacial score (nSPS) is 14.0. The fourth-order valence-electron chi connectivity index (χ4n) is 7.78. The molecule has 2 amide bonds. The van der Waals surface area contributed by atoms with Crippen LogP contribution in [0.15, 0.2) is 120 Å². The van der Waals surface area contributed by atoms with Crippen LogP contribution in [0.5, 0.6) is 11.5 Å². The molecule has 17 nitrogen and oxygen atoms in total. The van der Waals surface area contributed by atoms with Gasteiger partial charge in [-0.15, -0.1) is 0 Å². The second kappa shape index (κ2) is 41.7. The predicted octanol–water partition coefficient (Wildman–Crippen LogP) is 9.54. The zero-order valence-corrected chi connectivity index (χ0v) is 49.2. The first kappa shape index (κ1) is 70.5. The lowest BCUT2D eigenvalue weighted by atomic mass is 10.1. The number of allylic oxidation sites excluding steroid dienone is 3. The number of nitrogens with two attached hydrogens (primary N) is 1. The van der Waals surface area contributed by atoms with E-state index in [2.05, 4.69) is 137 Å². The van der Waals surface area contributed by atoms with Crippen LogP contribution in [0, 0.1) is 6.92 Å². The van der Waals surface area contributed by atoms with Crippen LogP contribution < -0.4 is 51.6 Å². The minimum absolute atomic E-state index is 0.0688. The Labute approximate surface area is 467 Å². The van der Waals surface area contributed by atoms with Crippen LogP contribution in [0.25, 0.3) is 0 Å². The lowest BCUT2D eigenvalue weighted by Gasteiger charge is -2.26. The molecule has 78 heavy (non-hydrogen) atoms. The summed E-state index contributed by atoms with van der Waals surface area (Å²) in [4.78, 5) is 48.2. The van der Waals surface area contributed by atoms with E-state index in [1.807, 2.05) is 78.8 Å². The number of fused-ring (bicyclic) bond motifs is 2. The number of carbonyl (C=O) groups excluding carboxylic acids is 4. The molecule has 0 spiro atoms. The second-order valence-corrected chi connectivity index (χ2v) is 17.5. The third-order valence-corrected chi connectivity index (χ3v) is 12.1. The van der Waals surface area contributed by atoms with Crippen molar-refractivity contribution in [3.63, 3.8) is 0 Å². The van der Waals surface area contributed by atoms with Gasteiger partial charge in [0.15, 0.2) is 11.5 Å². The zero-order chi connectivity index (χ0) is 59.0. The number of rotatable bonds is 23. The standard InChI is InChI=1S/C35H40N4O5.C10H13N.C6H14N2O.C6H13NO.C2H6.CH5N.CH2O/c1-8-29(36-4)24(3)14-35(42-7)44-21-26-15-25(16-28(17-26)37-22-40)20-43-33-19-30(23(2)13-32(33)41-6)38-34-18-27-11-9-10-12-31(27)39(34)5;1-8-7-9-5-3-4-6-10(9)11(8)2;1-3-4-8-6(9)5-7-2;1-6(7-2)4-3-5-8;3*1-2/h8-17,19,22,34,38H,1,4,18,20-21H2,2-3,5-7H3,(H,37,40);3-6,8H,7H2,1-2H3;7H,3-5H2,1-2H3,(H,8,9);5-7H,3-4H2,1-2H3;1-2H3;2H2,1H3;1H2/b29-24+,35-14-;;;;;;/t34-;;;;;;/m0....../s1. The largest absolute Gasteiger partial charge is 0.493 e. The molecule has 17 heteroatoms. The van der Waals surface area contributed by atoms with E-state index in [0.29, 0.717) is 60.3 Å². The average Bonchev–Trinajstić information content (AvgIpc) is 3.96. The molecule has 0 fully saturated rings. The molecule has 0 saturated carbocycles. The molecule has 7 N–H and O–H groups in total. The summed E-state index contributed by atoms with van der Waals surface area (Å²) in [7, 11) is 12.6. The maximum Gasteiger partial charge on any atom is 0.279 e. The number of likely N-dealkylation sites (N-methyl/N-ethyl adjacent to an activating group) is 3. The van der Waals surface area contributed by atoms with Crippen LogP contribution >= 0.6 is 0 Å². The van der Waals surface area contributed by atoms with E-state index in [4.69, 9.17) is 23.7 Å². The molecule has 3 atom stereocenters. The number of carbonyl (C=O) groups is 4. The molecule has 0 bridgehead atoms. The summed E-state index contributed by atoms with van der Waals surface area (Å²) in [6, 6.07) is 27.8. The predicted molar refractivity (Wildman–Crippen MR) is 324 cm³/mol. The Balaban J connectivity index is 0.00000140. The van der Waals surface area contributed by atoms with Gasteiger partial charge in [0.1, 0.15) is 32.5 Å². The molecule has 2 unspecified atom stereocenters. The van der Waals surface area contributed by atoms with Crippen molar-refractivity contribution in [3.05, 3.63) is 143 Å². The third kappa shape index (κ3) is 24.7. The molecule has 430 valence electrons. The highest BCUT2D eigenvalue weighted by Crippen LogP contribution is 2.37. The van der Waals surface area contributed by atoms with Crippen molar-refractivity contribution in [1.29, 1.82) is 0 Å². The summed E-state index contributed by atoms with van der Waals surface area (Å²) in [5, 5.41) is 14.9. The maximum atomic E-state index is 11.3. The van der Waals surface area contributed by atoms with Gasteiger partial charge < -0.3 is 70.7 Å². The van der Waals surface area contributed by atoms with Gasteiger partial charge in [0.05, 0.1) is 26.5 Å². The van der Waals surface area contributed by atoms with E-state index in [0.717, 1.165) is 60.0 Å². The van der Waals surface area contributed by atoms with Crippen molar-refractivity contribution in [3.8, 4) is 11.5 Å². The van der Waals surface area contributed by atoms with Gasteiger partial charge in [-0.1, -0.05) is 63.7 Å². The van der Waals surface area contributed by atoms with E-state index in [9.17, 15) is 14.4 Å². The fourth-order valence-corrected chi connectivity index (χ4v) is 7.78. The Morgan fingerprint density at radius 2 is 1.50 bits per heavy atom. The number of aldehydes is 1. The van der Waals surface area contributed by atoms with Crippen molar-refractivity contribution in [2.45, 2.75) is 112 Å². The first-order valence-electron chi connectivity index (χ1n) is 26.3. The minimum Gasteiger partial charge on any atom is -0.493 e. The number of anilines is 4. The van der Waals surface area contributed by atoms with Gasteiger partial charge in [-0.05, 0) is 151 Å². The highest BCUT2D eigenvalue weighted by Gasteiger charge is 2.27. The molecular weight excluding hydrogens is 987 g/mol. The van der Waals surface area contributed by atoms with E-state index >= 15 is 0 Å². The zero-order valence-electron chi connectivity index (χ0n) is 49.2. The lowest BCUT2D eigenvalue weighted by molar-refractivity contribution is -0.120. The summed E-state index contributed by atoms with van der Waals surface area (Å²) < 4.78 is 23.3. The number of aliphatic imine (C=N–C) groups is 1. The average molecular weight is 1080 g/mol. The van der Waals surface area contributed by atoms with Gasteiger partial charge in [-0.3, -0.25) is 14.6 Å². The van der Waals surface area contributed by atoms with Crippen molar-refractivity contribution in [2.24, 2.45) is 10.7 Å². The topological polar surface area (TPSA) is 210 Å². The summed E-state index contributed by atoms with van der Waals surface area (Å²) in [6.45, 7) is 25.2. The molecule has 6 rings (SSSR count). The molecule has 2 heterocycles. The summed E-state index contributed by atoms with van der Waals surface area (Å²) >= 11 is 0. The Bertz CT molecular complexity index is 2440. The van der Waals surface area contributed by atoms with Gasteiger partial charge in [0.2, 0.25) is 12.3 Å². The Kier molecular flexibility index (Phi) is 37.7.